The summed E-state index contributed by atoms with van der Waals surface area (Å²) in [5.74, 6) is -1.97. The van der Waals surface area contributed by atoms with Crippen molar-refractivity contribution in [3.8, 4) is 11.5 Å². The third-order valence-corrected chi connectivity index (χ3v) is 4.53. The largest absolute Gasteiger partial charge is 0.415 e. The van der Waals surface area contributed by atoms with Crippen LogP contribution < -0.4 is 5.32 Å². The molecule has 148 valence electrons. The molecule has 4 rings (SSSR count). The first-order valence-corrected chi connectivity index (χ1v) is 8.14. The van der Waals surface area contributed by atoms with Gasteiger partial charge in [-0.25, -0.2) is 18.7 Å². The summed E-state index contributed by atoms with van der Waals surface area (Å²) in [5.41, 5.74) is -0.0935. The Morgan fingerprint density at radius 1 is 1.07 bits per heavy atom. The fraction of sp³-hybridized carbons (Fsp3) is 0.333. The quantitative estimate of drug-likeness (QED) is 0.621. The molecule has 3 aromatic rings. The standard InChI is InChI=1S/C17H13F4N5O.CH4/c18-10-2-3-11(12(19)6-10)17(4-1-5-17)24-16-22-7-9(8-23-16)14-25-26-15(27-14)13(20)21;/h2-3,6-8,13H,1,4-5H2,(H,22,23,24);1H4. The molecule has 0 amide bonds. The monoisotopic (exact) mass is 395 g/mol. The van der Waals surface area contributed by atoms with E-state index >= 15 is 0 Å². The van der Waals surface area contributed by atoms with Crippen molar-refractivity contribution in [3.05, 3.63) is 53.7 Å². The number of halogens is 4. The first kappa shape index (κ1) is 19.7. The molecule has 0 saturated heterocycles. The van der Waals surface area contributed by atoms with Gasteiger partial charge < -0.3 is 9.73 Å². The molecule has 1 saturated carbocycles. The van der Waals surface area contributed by atoms with Gasteiger partial charge >= 0.3 is 6.43 Å². The van der Waals surface area contributed by atoms with Crippen molar-refractivity contribution in [3.63, 3.8) is 0 Å². The van der Waals surface area contributed by atoms with Crippen LogP contribution in [0.1, 0.15) is 44.6 Å². The van der Waals surface area contributed by atoms with Gasteiger partial charge in [-0.1, -0.05) is 13.5 Å². The Bertz CT molecular complexity index is 957. The summed E-state index contributed by atoms with van der Waals surface area (Å²) in [6, 6.07) is 3.47. The molecule has 0 radical (unpaired) electrons. The molecule has 0 unspecified atom stereocenters. The van der Waals surface area contributed by atoms with Gasteiger partial charge in [0.05, 0.1) is 11.1 Å². The topological polar surface area (TPSA) is 76.7 Å². The molecule has 1 fully saturated rings. The predicted octanol–water partition coefficient (Wildman–Crippen LogP) is 4.87. The molecule has 0 spiro atoms. The lowest BCUT2D eigenvalue weighted by atomic mass is 9.71. The van der Waals surface area contributed by atoms with Crippen LogP contribution in [0, 0.1) is 11.6 Å². The van der Waals surface area contributed by atoms with Crippen LogP contribution >= 0.6 is 0 Å². The minimum absolute atomic E-state index is 0. The lowest BCUT2D eigenvalue weighted by Gasteiger charge is -2.43. The number of anilines is 1. The molecule has 0 bridgehead atoms. The van der Waals surface area contributed by atoms with E-state index in [1.54, 1.807) is 0 Å². The predicted molar refractivity (Wildman–Crippen MR) is 92.5 cm³/mol. The summed E-state index contributed by atoms with van der Waals surface area (Å²) < 4.78 is 57.3. The lowest BCUT2D eigenvalue weighted by Crippen LogP contribution is -2.43. The molecule has 1 aromatic carbocycles. The third kappa shape index (κ3) is 3.54. The zero-order valence-electron chi connectivity index (χ0n) is 13.8. The normalized spacial score (nSPS) is 15.0. The van der Waals surface area contributed by atoms with Gasteiger partial charge in [0.2, 0.25) is 5.95 Å². The summed E-state index contributed by atoms with van der Waals surface area (Å²) in [5, 5.41) is 9.87. The Kier molecular flexibility index (Phi) is 5.30. The molecule has 28 heavy (non-hydrogen) atoms. The van der Waals surface area contributed by atoms with Crippen molar-refractivity contribution in [1.29, 1.82) is 0 Å². The molecular weight excluding hydrogens is 378 g/mol. The summed E-state index contributed by atoms with van der Waals surface area (Å²) in [4.78, 5) is 8.23. The Balaban J connectivity index is 0.00000225. The van der Waals surface area contributed by atoms with E-state index in [4.69, 9.17) is 4.42 Å². The van der Waals surface area contributed by atoms with Gasteiger partial charge in [-0.2, -0.15) is 8.78 Å². The molecule has 2 heterocycles. The van der Waals surface area contributed by atoms with Gasteiger partial charge in [0, 0.05) is 24.0 Å². The Labute approximate surface area is 158 Å². The molecule has 0 atom stereocenters. The number of hydrogen-bond donors (Lipinski definition) is 1. The van der Waals surface area contributed by atoms with Gasteiger partial charge in [-0.15, -0.1) is 10.2 Å². The highest BCUT2D eigenvalue weighted by molar-refractivity contribution is 5.51. The summed E-state index contributed by atoms with van der Waals surface area (Å²) in [6.07, 6.45) is 1.97. The summed E-state index contributed by atoms with van der Waals surface area (Å²) >= 11 is 0. The second-order valence-electron chi connectivity index (χ2n) is 6.23. The molecule has 10 heteroatoms. The third-order valence-electron chi connectivity index (χ3n) is 4.53. The number of nitrogens with one attached hydrogen (secondary N) is 1. The maximum absolute atomic E-state index is 14.2. The fourth-order valence-electron chi connectivity index (χ4n) is 3.03. The first-order chi connectivity index (χ1) is 13.0. The van der Waals surface area contributed by atoms with Crippen molar-refractivity contribution in [2.45, 2.75) is 38.7 Å². The fourth-order valence-corrected chi connectivity index (χ4v) is 3.03. The Morgan fingerprint density at radius 2 is 1.79 bits per heavy atom. The second kappa shape index (κ2) is 7.53. The van der Waals surface area contributed by atoms with Crippen LogP contribution in [0.3, 0.4) is 0 Å². The molecule has 0 aliphatic heterocycles. The van der Waals surface area contributed by atoms with Crippen LogP contribution in [0.2, 0.25) is 0 Å². The number of rotatable bonds is 5. The number of hydrogen-bond acceptors (Lipinski definition) is 6. The number of alkyl halides is 2. The van der Waals surface area contributed by atoms with E-state index in [1.807, 2.05) is 0 Å². The lowest BCUT2D eigenvalue weighted by molar-refractivity contribution is 0.116. The van der Waals surface area contributed by atoms with Crippen molar-refractivity contribution >= 4 is 5.95 Å². The number of aromatic nitrogens is 4. The number of nitrogens with zero attached hydrogens (tertiary/aromatic N) is 4. The van der Waals surface area contributed by atoms with Crippen molar-refractivity contribution in [2.24, 2.45) is 0 Å². The van der Waals surface area contributed by atoms with Gasteiger partial charge in [0.25, 0.3) is 11.8 Å². The van der Waals surface area contributed by atoms with E-state index in [2.05, 4.69) is 25.5 Å². The van der Waals surface area contributed by atoms with Crippen molar-refractivity contribution in [1.82, 2.24) is 20.2 Å². The average Bonchev–Trinajstić information content (AvgIpc) is 3.10. The zero-order valence-corrected chi connectivity index (χ0v) is 13.8. The van der Waals surface area contributed by atoms with E-state index in [-0.39, 0.29) is 24.8 Å². The SMILES string of the molecule is C.Fc1ccc(C2(Nc3ncc(-c4nnc(C(F)F)o4)cn3)CCC2)c(F)c1. The van der Waals surface area contributed by atoms with Gasteiger partial charge in [0.1, 0.15) is 11.6 Å². The molecule has 6 nitrogen and oxygen atoms in total. The summed E-state index contributed by atoms with van der Waals surface area (Å²) in [7, 11) is 0. The molecule has 2 aromatic heterocycles. The first-order valence-electron chi connectivity index (χ1n) is 8.14. The number of benzene rings is 1. The van der Waals surface area contributed by atoms with Crippen molar-refractivity contribution in [2.75, 3.05) is 5.32 Å². The maximum atomic E-state index is 14.2. The minimum Gasteiger partial charge on any atom is -0.415 e. The molecule has 1 aliphatic rings. The van der Waals surface area contributed by atoms with E-state index in [0.717, 1.165) is 12.5 Å². The van der Waals surface area contributed by atoms with Gasteiger partial charge in [0.15, 0.2) is 0 Å². The van der Waals surface area contributed by atoms with Gasteiger partial charge in [-0.05, 0) is 25.3 Å². The Morgan fingerprint density at radius 3 is 2.32 bits per heavy atom. The van der Waals surface area contributed by atoms with E-state index in [0.29, 0.717) is 18.4 Å². The van der Waals surface area contributed by atoms with Crippen LogP contribution in [-0.4, -0.2) is 20.2 Å². The smallest absolute Gasteiger partial charge is 0.314 e. The molecular formula is C18H17F4N5O. The molecule has 1 N–H and O–H groups in total. The second-order valence-corrected chi connectivity index (χ2v) is 6.23. The van der Waals surface area contributed by atoms with Crippen LogP contribution in [0.4, 0.5) is 23.5 Å². The van der Waals surface area contributed by atoms with E-state index in [9.17, 15) is 17.6 Å². The zero-order chi connectivity index (χ0) is 19.0. The van der Waals surface area contributed by atoms with Gasteiger partial charge in [-0.3, -0.25) is 0 Å². The van der Waals surface area contributed by atoms with E-state index < -0.39 is 29.5 Å². The highest BCUT2D eigenvalue weighted by Gasteiger charge is 2.41. The van der Waals surface area contributed by atoms with Crippen LogP contribution in [0.25, 0.3) is 11.5 Å². The summed E-state index contributed by atoms with van der Waals surface area (Å²) in [6.45, 7) is 0. The van der Waals surface area contributed by atoms with Crippen LogP contribution in [0.15, 0.2) is 35.0 Å². The van der Waals surface area contributed by atoms with E-state index in [1.165, 1.54) is 24.5 Å². The Hall–Kier alpha value is -3.04. The molecule has 1 aliphatic carbocycles. The maximum Gasteiger partial charge on any atom is 0.314 e. The van der Waals surface area contributed by atoms with Crippen LogP contribution in [-0.2, 0) is 5.54 Å². The average molecular weight is 395 g/mol. The highest BCUT2D eigenvalue weighted by Crippen LogP contribution is 2.44. The highest BCUT2D eigenvalue weighted by atomic mass is 19.3. The minimum atomic E-state index is -2.86. The van der Waals surface area contributed by atoms with Crippen molar-refractivity contribution < 1.29 is 22.0 Å². The van der Waals surface area contributed by atoms with Crippen LogP contribution in [0.5, 0.6) is 0 Å².